The second-order valence-corrected chi connectivity index (χ2v) is 18.5. The Bertz CT molecular complexity index is 1940. The van der Waals surface area contributed by atoms with Gasteiger partial charge in [0, 0.05) is 23.5 Å². The summed E-state index contributed by atoms with van der Waals surface area (Å²) in [5.41, 5.74) is 2.75. The fourth-order valence-corrected chi connectivity index (χ4v) is 9.63. The molecular formula is C36H50N3O7PS. The SMILES string of the molecule is CCN(CCCOc1ccc(-c2cccc(S(=O)(=O)C3CC3)c2)c2c1[nH]c1ncc(C)cc12)C(COP(=O)(O)O)(C(C)(C)C)C(C)(C)C. The first-order valence-electron chi connectivity index (χ1n) is 16.6. The van der Waals surface area contributed by atoms with E-state index < -0.39 is 23.2 Å². The van der Waals surface area contributed by atoms with Crippen LogP contribution in [0.4, 0.5) is 0 Å². The molecule has 1 aliphatic carbocycles. The summed E-state index contributed by atoms with van der Waals surface area (Å²) in [7, 11) is -8.05. The molecule has 10 nitrogen and oxygen atoms in total. The molecule has 2 aromatic heterocycles. The molecule has 2 aromatic carbocycles. The van der Waals surface area contributed by atoms with Gasteiger partial charge in [0.2, 0.25) is 0 Å². The topological polar surface area (TPSA) is 142 Å². The number of hydrogen-bond donors (Lipinski definition) is 3. The lowest BCUT2D eigenvalue weighted by Crippen LogP contribution is -2.67. The summed E-state index contributed by atoms with van der Waals surface area (Å²) in [5.74, 6) is 0.664. The van der Waals surface area contributed by atoms with Crippen LogP contribution in [0.2, 0.25) is 0 Å². The van der Waals surface area contributed by atoms with Crippen LogP contribution in [-0.2, 0) is 18.9 Å². The minimum atomic E-state index is -4.69. The molecule has 0 aliphatic heterocycles. The van der Waals surface area contributed by atoms with Crippen molar-refractivity contribution < 1.29 is 32.0 Å². The van der Waals surface area contributed by atoms with Crippen LogP contribution in [0.25, 0.3) is 33.1 Å². The zero-order chi connectivity index (χ0) is 35.3. The molecule has 0 bridgehead atoms. The van der Waals surface area contributed by atoms with Crippen LogP contribution in [0.15, 0.2) is 53.6 Å². The molecule has 1 fully saturated rings. The number of benzene rings is 2. The minimum absolute atomic E-state index is 0.119. The molecule has 1 aliphatic rings. The van der Waals surface area contributed by atoms with E-state index in [1.54, 1.807) is 18.2 Å². The Morgan fingerprint density at radius 1 is 1.04 bits per heavy atom. The van der Waals surface area contributed by atoms with Crippen molar-refractivity contribution in [2.45, 2.75) is 90.3 Å². The summed E-state index contributed by atoms with van der Waals surface area (Å²) in [5, 5.41) is 1.56. The van der Waals surface area contributed by atoms with E-state index in [0.29, 0.717) is 49.6 Å². The second kappa shape index (κ2) is 13.2. The highest BCUT2D eigenvalue weighted by atomic mass is 32.2. The van der Waals surface area contributed by atoms with Gasteiger partial charge in [0.1, 0.15) is 11.4 Å². The number of phosphoric acid groups is 1. The summed E-state index contributed by atoms with van der Waals surface area (Å²) >= 11 is 0. The lowest BCUT2D eigenvalue weighted by molar-refractivity contribution is -0.115. The first kappa shape index (κ1) is 36.5. The van der Waals surface area contributed by atoms with Crippen molar-refractivity contribution in [2.75, 3.05) is 26.3 Å². The Hall–Kier alpha value is -2.79. The number of H-pyrrole nitrogens is 1. The van der Waals surface area contributed by atoms with Gasteiger partial charge in [-0.3, -0.25) is 9.42 Å². The van der Waals surface area contributed by atoms with Gasteiger partial charge in [-0.15, -0.1) is 0 Å². The van der Waals surface area contributed by atoms with Gasteiger partial charge in [-0.05, 0) is 90.6 Å². The Balaban J connectivity index is 1.45. The summed E-state index contributed by atoms with van der Waals surface area (Å²) in [6.45, 7) is 18.1. The number of nitrogens with zero attached hydrogens (tertiary/aromatic N) is 2. The zero-order valence-corrected chi connectivity index (χ0v) is 31.0. The van der Waals surface area contributed by atoms with Gasteiger partial charge in [0.05, 0.1) is 34.4 Å². The van der Waals surface area contributed by atoms with E-state index in [2.05, 4.69) is 69.4 Å². The van der Waals surface area contributed by atoms with Crippen molar-refractivity contribution in [1.82, 2.24) is 14.9 Å². The van der Waals surface area contributed by atoms with Gasteiger partial charge in [-0.1, -0.05) is 60.6 Å². The Kier molecular flexibility index (Phi) is 10.0. The fourth-order valence-electron chi connectivity index (χ4n) is 7.57. The van der Waals surface area contributed by atoms with Crippen LogP contribution in [0.5, 0.6) is 5.75 Å². The Morgan fingerprint density at radius 3 is 2.33 bits per heavy atom. The Morgan fingerprint density at radius 2 is 1.73 bits per heavy atom. The first-order valence-corrected chi connectivity index (χ1v) is 19.7. The number of likely N-dealkylation sites (N-methyl/N-ethyl adjacent to an activating group) is 1. The molecule has 12 heteroatoms. The van der Waals surface area contributed by atoms with E-state index in [9.17, 15) is 22.8 Å². The standard InChI is InChI=1S/C36H50N3O7PS/c1-9-39(36(34(3,4)5,35(6,7)8)23-46-47(40,41)42)18-11-19-45-30-17-16-28(31-29-20-24(2)22-37-33(29)38-32(30)31)25-12-10-13-27(21-25)48(43,44)26-14-15-26/h10,12-13,16-17,20-22,26H,9,11,14-15,18-19,23H2,1-8H3,(H,37,38)(H2,40,41,42). The monoisotopic (exact) mass is 699 g/mol. The van der Waals surface area contributed by atoms with Crippen molar-refractivity contribution in [3.05, 3.63) is 54.2 Å². The number of pyridine rings is 1. The highest BCUT2D eigenvalue weighted by molar-refractivity contribution is 7.92. The van der Waals surface area contributed by atoms with E-state index in [1.807, 2.05) is 31.3 Å². The number of hydrogen-bond acceptors (Lipinski definition) is 7. The van der Waals surface area contributed by atoms with E-state index in [4.69, 9.17) is 9.26 Å². The molecule has 262 valence electrons. The highest BCUT2D eigenvalue weighted by Crippen LogP contribution is 2.51. The van der Waals surface area contributed by atoms with Crippen LogP contribution in [0.3, 0.4) is 0 Å². The summed E-state index contributed by atoms with van der Waals surface area (Å²) < 4.78 is 49.7. The highest BCUT2D eigenvalue weighted by Gasteiger charge is 2.55. The molecule has 4 aromatic rings. The molecule has 2 heterocycles. The molecule has 5 rings (SSSR count). The van der Waals surface area contributed by atoms with Crippen molar-refractivity contribution in [3.8, 4) is 16.9 Å². The van der Waals surface area contributed by atoms with Crippen LogP contribution < -0.4 is 4.74 Å². The molecule has 0 atom stereocenters. The van der Waals surface area contributed by atoms with Crippen LogP contribution in [0, 0.1) is 17.8 Å². The largest absolute Gasteiger partial charge is 0.491 e. The quantitative estimate of drug-likeness (QED) is 0.0947. The van der Waals surface area contributed by atoms with E-state index in [0.717, 1.165) is 38.6 Å². The molecule has 3 N–H and O–H groups in total. The van der Waals surface area contributed by atoms with Gasteiger partial charge in [-0.25, -0.2) is 18.0 Å². The maximum absolute atomic E-state index is 13.1. The lowest BCUT2D eigenvalue weighted by Gasteiger charge is -2.59. The summed E-state index contributed by atoms with van der Waals surface area (Å²) in [6, 6.07) is 13.2. The molecule has 0 unspecified atom stereocenters. The fraction of sp³-hybridized carbons (Fsp3) is 0.528. The van der Waals surface area contributed by atoms with E-state index >= 15 is 0 Å². The molecule has 0 saturated heterocycles. The zero-order valence-electron chi connectivity index (χ0n) is 29.3. The molecule has 0 amide bonds. The van der Waals surface area contributed by atoms with Gasteiger partial charge in [-0.2, -0.15) is 0 Å². The molecule has 0 radical (unpaired) electrons. The normalized spacial score (nSPS) is 15.1. The number of rotatable bonds is 13. The van der Waals surface area contributed by atoms with E-state index in [1.165, 1.54) is 0 Å². The molecule has 1 saturated carbocycles. The molecular weight excluding hydrogens is 649 g/mol. The Labute approximate surface area is 284 Å². The molecule has 0 spiro atoms. The van der Waals surface area contributed by atoms with Crippen molar-refractivity contribution in [1.29, 1.82) is 0 Å². The average Bonchev–Trinajstić information content (AvgIpc) is 3.78. The van der Waals surface area contributed by atoms with E-state index in [-0.39, 0.29) is 22.7 Å². The number of ether oxygens (including phenoxy) is 1. The predicted octanol–water partition coefficient (Wildman–Crippen LogP) is 7.66. The van der Waals surface area contributed by atoms with Gasteiger partial charge in [0.15, 0.2) is 9.84 Å². The number of nitrogens with one attached hydrogen (secondary N) is 1. The smallest absolute Gasteiger partial charge is 0.469 e. The third kappa shape index (κ3) is 7.09. The summed E-state index contributed by atoms with van der Waals surface area (Å²) in [4.78, 5) is 30.0. The maximum Gasteiger partial charge on any atom is 0.469 e. The van der Waals surface area contributed by atoms with Crippen molar-refractivity contribution in [3.63, 3.8) is 0 Å². The maximum atomic E-state index is 13.1. The van der Waals surface area contributed by atoms with Crippen LogP contribution >= 0.6 is 7.82 Å². The summed E-state index contributed by atoms with van der Waals surface area (Å²) in [6.07, 6.45) is 3.88. The van der Waals surface area contributed by atoms with Crippen molar-refractivity contribution >= 4 is 39.6 Å². The number of aromatic amines is 1. The molecule has 48 heavy (non-hydrogen) atoms. The van der Waals surface area contributed by atoms with Gasteiger partial charge >= 0.3 is 7.82 Å². The number of sulfone groups is 1. The van der Waals surface area contributed by atoms with Gasteiger partial charge < -0.3 is 19.5 Å². The lowest BCUT2D eigenvalue weighted by atomic mass is 9.59. The first-order chi connectivity index (χ1) is 22.3. The third-order valence-electron chi connectivity index (χ3n) is 9.82. The number of aryl methyl sites for hydroxylation is 1. The van der Waals surface area contributed by atoms with Crippen LogP contribution in [-0.4, -0.2) is 70.2 Å². The predicted molar refractivity (Wildman–Crippen MR) is 191 cm³/mol. The third-order valence-corrected chi connectivity index (χ3v) is 12.5. The minimum Gasteiger partial charge on any atom is -0.491 e. The second-order valence-electron chi connectivity index (χ2n) is 15.1. The number of aromatic nitrogens is 2. The van der Waals surface area contributed by atoms with Gasteiger partial charge in [0.25, 0.3) is 0 Å². The average molecular weight is 700 g/mol. The number of phosphoric ester groups is 1. The number of fused-ring (bicyclic) bond motifs is 3. The van der Waals surface area contributed by atoms with Crippen LogP contribution in [0.1, 0.15) is 73.3 Å². The van der Waals surface area contributed by atoms with Crippen molar-refractivity contribution in [2.24, 2.45) is 10.8 Å².